The summed E-state index contributed by atoms with van der Waals surface area (Å²) < 4.78 is 10.2. The van der Waals surface area contributed by atoms with Crippen molar-refractivity contribution in [2.24, 2.45) is 5.10 Å². The first kappa shape index (κ1) is 17.8. The molecule has 0 bridgehead atoms. The molecule has 0 aromatic heterocycles. The van der Waals surface area contributed by atoms with Gasteiger partial charge in [-0.3, -0.25) is 9.59 Å². The zero-order chi connectivity index (χ0) is 18.2. The molecule has 0 aliphatic rings. The predicted molar refractivity (Wildman–Crippen MR) is 92.0 cm³/mol. The Labute approximate surface area is 144 Å². The molecule has 0 spiro atoms. The van der Waals surface area contributed by atoms with Gasteiger partial charge in [-0.1, -0.05) is 12.1 Å². The number of carbonyl (C=O) groups excluding carboxylic acids is 2. The van der Waals surface area contributed by atoms with Crippen LogP contribution in [0.4, 0.5) is 5.69 Å². The van der Waals surface area contributed by atoms with E-state index in [9.17, 15) is 14.7 Å². The Kier molecular flexibility index (Phi) is 5.94. The van der Waals surface area contributed by atoms with E-state index < -0.39 is 11.8 Å². The number of hydrazone groups is 1. The first-order chi connectivity index (χ1) is 12.0. The third-order valence-corrected chi connectivity index (χ3v) is 3.17. The summed E-state index contributed by atoms with van der Waals surface area (Å²) in [6.45, 7) is 0. The highest BCUT2D eigenvalue weighted by Gasteiger charge is 2.16. The number of nitrogens with zero attached hydrogens (tertiary/aromatic N) is 1. The molecule has 0 heterocycles. The highest BCUT2D eigenvalue weighted by atomic mass is 16.5. The van der Waals surface area contributed by atoms with Gasteiger partial charge in [0.1, 0.15) is 17.2 Å². The van der Waals surface area contributed by atoms with Crippen LogP contribution in [0.2, 0.25) is 0 Å². The second-order valence-corrected chi connectivity index (χ2v) is 4.78. The van der Waals surface area contributed by atoms with E-state index in [2.05, 4.69) is 15.8 Å². The van der Waals surface area contributed by atoms with Crippen LogP contribution in [-0.4, -0.2) is 37.4 Å². The van der Waals surface area contributed by atoms with Crippen molar-refractivity contribution in [3.05, 3.63) is 48.0 Å². The summed E-state index contributed by atoms with van der Waals surface area (Å²) in [5, 5.41) is 15.6. The topological polar surface area (TPSA) is 109 Å². The molecule has 2 amide bonds. The van der Waals surface area contributed by atoms with E-state index in [-0.39, 0.29) is 11.4 Å². The molecule has 3 N–H and O–H groups in total. The first-order valence-electron chi connectivity index (χ1n) is 7.19. The van der Waals surface area contributed by atoms with Gasteiger partial charge in [-0.2, -0.15) is 5.10 Å². The van der Waals surface area contributed by atoms with Crippen LogP contribution in [0.15, 0.2) is 47.6 Å². The number of phenolic OH excluding ortho intramolecular Hbond substituents is 1. The maximum absolute atomic E-state index is 11.9. The summed E-state index contributed by atoms with van der Waals surface area (Å²) in [7, 11) is 2.92. The standard InChI is InChI=1S/C17H17N3O5/c1-24-12-7-8-15(25-2)13(9-12)19-16(22)17(23)20-18-10-11-5-3-4-6-14(11)21/h3-10,21H,1-2H3,(H,19,22)(H,20,23)/b18-10+. The number of hydrogen-bond acceptors (Lipinski definition) is 6. The maximum Gasteiger partial charge on any atom is 0.329 e. The third kappa shape index (κ3) is 4.71. The van der Waals surface area contributed by atoms with E-state index in [0.29, 0.717) is 17.1 Å². The minimum Gasteiger partial charge on any atom is -0.507 e. The first-order valence-corrected chi connectivity index (χ1v) is 7.19. The Morgan fingerprint density at radius 1 is 1.08 bits per heavy atom. The molecular formula is C17H17N3O5. The monoisotopic (exact) mass is 343 g/mol. The van der Waals surface area contributed by atoms with E-state index >= 15 is 0 Å². The van der Waals surface area contributed by atoms with Gasteiger partial charge in [0.2, 0.25) is 0 Å². The number of phenols is 1. The quantitative estimate of drug-likeness (QED) is 0.433. The van der Waals surface area contributed by atoms with E-state index in [0.717, 1.165) is 0 Å². The molecule has 0 aliphatic carbocycles. The van der Waals surface area contributed by atoms with E-state index in [1.165, 1.54) is 32.6 Å². The fourth-order valence-electron chi connectivity index (χ4n) is 1.90. The van der Waals surface area contributed by atoms with Crippen LogP contribution in [0.1, 0.15) is 5.56 Å². The van der Waals surface area contributed by atoms with Gasteiger partial charge in [0.15, 0.2) is 0 Å². The lowest BCUT2D eigenvalue weighted by atomic mass is 10.2. The third-order valence-electron chi connectivity index (χ3n) is 3.17. The molecule has 0 saturated heterocycles. The molecule has 8 heteroatoms. The van der Waals surface area contributed by atoms with Gasteiger partial charge in [0.05, 0.1) is 26.1 Å². The molecule has 2 aromatic rings. The average molecular weight is 343 g/mol. The Morgan fingerprint density at radius 3 is 2.52 bits per heavy atom. The van der Waals surface area contributed by atoms with Crippen molar-refractivity contribution in [1.29, 1.82) is 0 Å². The molecule has 8 nitrogen and oxygen atoms in total. The molecule has 2 aromatic carbocycles. The molecule has 0 saturated carbocycles. The number of nitrogens with one attached hydrogen (secondary N) is 2. The summed E-state index contributed by atoms with van der Waals surface area (Å²) in [6.07, 6.45) is 1.23. The lowest BCUT2D eigenvalue weighted by molar-refractivity contribution is -0.136. The number of ether oxygens (including phenoxy) is 2. The fraction of sp³-hybridized carbons (Fsp3) is 0.118. The van der Waals surface area contributed by atoms with Crippen LogP contribution in [0, 0.1) is 0 Å². The fourth-order valence-corrected chi connectivity index (χ4v) is 1.90. The maximum atomic E-state index is 11.9. The number of para-hydroxylation sites is 1. The van der Waals surface area contributed by atoms with Crippen molar-refractivity contribution in [3.8, 4) is 17.2 Å². The van der Waals surface area contributed by atoms with Gasteiger partial charge in [-0.15, -0.1) is 0 Å². The minimum atomic E-state index is -0.975. The van der Waals surface area contributed by atoms with E-state index in [1.807, 2.05) is 0 Å². The summed E-state index contributed by atoms with van der Waals surface area (Å²) in [4.78, 5) is 23.8. The molecule has 0 radical (unpaired) electrons. The van der Waals surface area contributed by atoms with Crippen molar-refractivity contribution in [3.63, 3.8) is 0 Å². The van der Waals surface area contributed by atoms with Gasteiger partial charge in [0.25, 0.3) is 0 Å². The van der Waals surface area contributed by atoms with Crippen LogP contribution in [0.3, 0.4) is 0 Å². The molecular weight excluding hydrogens is 326 g/mol. The number of methoxy groups -OCH3 is 2. The van der Waals surface area contributed by atoms with Crippen molar-refractivity contribution >= 4 is 23.7 Å². The molecule has 0 atom stereocenters. The molecule has 2 rings (SSSR count). The average Bonchev–Trinajstić information content (AvgIpc) is 2.63. The smallest absolute Gasteiger partial charge is 0.329 e. The van der Waals surface area contributed by atoms with Gasteiger partial charge in [-0.05, 0) is 24.3 Å². The molecule has 0 aliphatic heterocycles. The Hall–Kier alpha value is -3.55. The van der Waals surface area contributed by atoms with Gasteiger partial charge in [-0.25, -0.2) is 5.43 Å². The Bertz CT molecular complexity index is 805. The Morgan fingerprint density at radius 2 is 1.84 bits per heavy atom. The van der Waals surface area contributed by atoms with Crippen LogP contribution in [-0.2, 0) is 9.59 Å². The normalized spacial score (nSPS) is 10.3. The number of amides is 2. The molecule has 25 heavy (non-hydrogen) atoms. The van der Waals surface area contributed by atoms with Crippen molar-refractivity contribution in [2.75, 3.05) is 19.5 Å². The minimum absolute atomic E-state index is 0.00562. The highest BCUT2D eigenvalue weighted by molar-refractivity contribution is 6.39. The largest absolute Gasteiger partial charge is 0.507 e. The van der Waals surface area contributed by atoms with Crippen LogP contribution in [0.5, 0.6) is 17.2 Å². The molecule has 130 valence electrons. The SMILES string of the molecule is COc1ccc(OC)c(NC(=O)C(=O)N/N=C/c2ccccc2O)c1. The zero-order valence-corrected chi connectivity index (χ0v) is 13.6. The van der Waals surface area contributed by atoms with Gasteiger partial charge < -0.3 is 19.9 Å². The molecule has 0 fully saturated rings. The van der Waals surface area contributed by atoms with Crippen molar-refractivity contribution in [1.82, 2.24) is 5.43 Å². The van der Waals surface area contributed by atoms with Gasteiger partial charge >= 0.3 is 11.8 Å². The number of anilines is 1. The van der Waals surface area contributed by atoms with Crippen LogP contribution >= 0.6 is 0 Å². The predicted octanol–water partition coefficient (Wildman–Crippen LogP) is 1.50. The van der Waals surface area contributed by atoms with E-state index in [4.69, 9.17) is 9.47 Å². The number of carbonyl (C=O) groups is 2. The number of hydrogen-bond donors (Lipinski definition) is 3. The highest BCUT2D eigenvalue weighted by Crippen LogP contribution is 2.28. The summed E-state index contributed by atoms with van der Waals surface area (Å²) in [5.41, 5.74) is 2.76. The lowest BCUT2D eigenvalue weighted by Gasteiger charge is -2.11. The number of benzene rings is 2. The summed E-state index contributed by atoms with van der Waals surface area (Å²) in [5.74, 6) is -1.03. The summed E-state index contributed by atoms with van der Waals surface area (Å²) in [6, 6.07) is 11.2. The number of rotatable bonds is 5. The van der Waals surface area contributed by atoms with Crippen LogP contribution in [0.25, 0.3) is 0 Å². The van der Waals surface area contributed by atoms with Crippen molar-refractivity contribution < 1.29 is 24.2 Å². The van der Waals surface area contributed by atoms with Crippen molar-refractivity contribution in [2.45, 2.75) is 0 Å². The molecule has 0 unspecified atom stereocenters. The summed E-state index contributed by atoms with van der Waals surface area (Å²) >= 11 is 0. The van der Waals surface area contributed by atoms with E-state index in [1.54, 1.807) is 30.3 Å². The second-order valence-electron chi connectivity index (χ2n) is 4.78. The number of aromatic hydroxyl groups is 1. The zero-order valence-electron chi connectivity index (χ0n) is 13.6. The Balaban J connectivity index is 2.01. The van der Waals surface area contributed by atoms with Gasteiger partial charge in [0, 0.05) is 11.6 Å². The second kappa shape index (κ2) is 8.34. The lowest BCUT2D eigenvalue weighted by Crippen LogP contribution is -2.32. The van der Waals surface area contributed by atoms with Crippen LogP contribution < -0.4 is 20.2 Å².